The molecule has 2 fully saturated rings. The first-order valence-electron chi connectivity index (χ1n) is 10.9. The Morgan fingerprint density at radius 3 is 2.72 bits per heavy atom. The van der Waals surface area contributed by atoms with E-state index in [9.17, 15) is 4.79 Å². The molecule has 1 aliphatic carbocycles. The molecule has 2 unspecified atom stereocenters. The van der Waals surface area contributed by atoms with E-state index in [1.807, 2.05) is 19.1 Å². The van der Waals surface area contributed by atoms with Gasteiger partial charge in [0.25, 0.3) is 0 Å². The van der Waals surface area contributed by atoms with Crippen molar-refractivity contribution in [3.63, 3.8) is 0 Å². The van der Waals surface area contributed by atoms with E-state index in [0.717, 1.165) is 44.2 Å². The number of furan rings is 1. The van der Waals surface area contributed by atoms with Gasteiger partial charge < -0.3 is 25.1 Å². The average molecular weight is 406 g/mol. The first kappa shape index (κ1) is 21.5. The van der Waals surface area contributed by atoms with Gasteiger partial charge in [0, 0.05) is 13.1 Å². The van der Waals surface area contributed by atoms with Crippen molar-refractivity contribution in [1.29, 1.82) is 0 Å². The van der Waals surface area contributed by atoms with Crippen LogP contribution in [0.15, 0.2) is 27.8 Å². The van der Waals surface area contributed by atoms with Gasteiger partial charge in [-0.15, -0.1) is 0 Å². The average Bonchev–Trinajstić information content (AvgIpc) is 3.17. The van der Waals surface area contributed by atoms with Crippen molar-refractivity contribution in [3.8, 4) is 0 Å². The number of amides is 1. The van der Waals surface area contributed by atoms with Crippen LogP contribution in [0.2, 0.25) is 0 Å². The van der Waals surface area contributed by atoms with Crippen LogP contribution in [0.3, 0.4) is 0 Å². The molecule has 2 atom stereocenters. The summed E-state index contributed by atoms with van der Waals surface area (Å²) in [6.45, 7) is 8.45. The zero-order valence-electron chi connectivity index (χ0n) is 17.7. The highest BCUT2D eigenvalue weighted by molar-refractivity contribution is 5.80. The molecule has 0 bridgehead atoms. The topological polar surface area (TPSA) is 91.1 Å². The maximum absolute atomic E-state index is 11.8. The number of hydrogen-bond acceptors (Lipinski definition) is 5. The van der Waals surface area contributed by atoms with E-state index in [-0.39, 0.29) is 18.2 Å². The third-order valence-electron chi connectivity index (χ3n) is 5.48. The maximum Gasteiger partial charge on any atom is 0.407 e. The molecule has 0 spiro atoms. The minimum atomic E-state index is -0.347. The third kappa shape index (κ3) is 6.66. The van der Waals surface area contributed by atoms with E-state index >= 15 is 0 Å². The molecule has 162 valence electrons. The van der Waals surface area contributed by atoms with Crippen molar-refractivity contribution in [2.45, 2.75) is 51.6 Å². The van der Waals surface area contributed by atoms with E-state index in [1.165, 1.54) is 12.8 Å². The summed E-state index contributed by atoms with van der Waals surface area (Å²) in [5.74, 6) is 2.24. The SMILES string of the molecule is CCNC(=NCC(c1ccco1)N1CCCC1)NCC(NC(=O)OCC)C1CC1. The van der Waals surface area contributed by atoms with E-state index in [2.05, 4.69) is 27.8 Å². The highest BCUT2D eigenvalue weighted by Gasteiger charge is 2.32. The largest absolute Gasteiger partial charge is 0.468 e. The maximum atomic E-state index is 11.8. The molecule has 3 rings (SSSR count). The van der Waals surface area contributed by atoms with Crippen LogP contribution in [0.1, 0.15) is 51.3 Å². The van der Waals surface area contributed by atoms with Crippen molar-refractivity contribution in [3.05, 3.63) is 24.2 Å². The summed E-state index contributed by atoms with van der Waals surface area (Å²) in [7, 11) is 0. The van der Waals surface area contributed by atoms with Gasteiger partial charge in [0.2, 0.25) is 0 Å². The van der Waals surface area contributed by atoms with E-state index in [0.29, 0.717) is 25.6 Å². The molecule has 2 heterocycles. The van der Waals surface area contributed by atoms with Crippen LogP contribution in [0.5, 0.6) is 0 Å². The number of aliphatic imine (C=N–C) groups is 1. The van der Waals surface area contributed by atoms with Crippen LogP contribution in [0.25, 0.3) is 0 Å². The van der Waals surface area contributed by atoms with Crippen LogP contribution in [-0.2, 0) is 4.74 Å². The molecule has 1 saturated carbocycles. The second kappa shape index (κ2) is 11.1. The van der Waals surface area contributed by atoms with Gasteiger partial charge in [0.15, 0.2) is 5.96 Å². The first-order valence-corrected chi connectivity index (χ1v) is 10.9. The molecule has 1 aromatic heterocycles. The molecule has 3 N–H and O–H groups in total. The lowest BCUT2D eigenvalue weighted by atomic mass is 10.2. The quantitative estimate of drug-likeness (QED) is 0.409. The second-order valence-electron chi connectivity index (χ2n) is 7.68. The monoisotopic (exact) mass is 405 g/mol. The predicted octanol–water partition coefficient (Wildman–Crippen LogP) is 2.50. The fraction of sp³-hybridized carbons (Fsp3) is 0.714. The Labute approximate surface area is 173 Å². The van der Waals surface area contributed by atoms with Gasteiger partial charge in [-0.3, -0.25) is 9.89 Å². The summed E-state index contributed by atoms with van der Waals surface area (Å²) >= 11 is 0. The zero-order chi connectivity index (χ0) is 20.5. The lowest BCUT2D eigenvalue weighted by Crippen LogP contribution is -2.48. The molecule has 1 amide bonds. The summed E-state index contributed by atoms with van der Waals surface area (Å²) in [5, 5.41) is 9.69. The van der Waals surface area contributed by atoms with E-state index in [1.54, 1.807) is 6.26 Å². The van der Waals surface area contributed by atoms with Gasteiger partial charge in [-0.2, -0.15) is 0 Å². The molecule has 1 saturated heterocycles. The number of ether oxygens (including phenoxy) is 1. The Bertz CT molecular complexity index is 639. The molecular formula is C21H35N5O3. The summed E-state index contributed by atoms with van der Waals surface area (Å²) < 4.78 is 10.7. The highest BCUT2D eigenvalue weighted by atomic mass is 16.5. The third-order valence-corrected chi connectivity index (χ3v) is 5.48. The summed E-state index contributed by atoms with van der Waals surface area (Å²) in [6.07, 6.45) is 6.11. The van der Waals surface area contributed by atoms with Gasteiger partial charge in [0.05, 0.1) is 31.5 Å². The summed E-state index contributed by atoms with van der Waals surface area (Å²) in [5.41, 5.74) is 0. The molecule has 8 nitrogen and oxygen atoms in total. The Morgan fingerprint density at radius 1 is 1.31 bits per heavy atom. The van der Waals surface area contributed by atoms with Gasteiger partial charge in [0.1, 0.15) is 5.76 Å². The molecule has 29 heavy (non-hydrogen) atoms. The number of guanidine groups is 1. The number of likely N-dealkylation sites (tertiary alicyclic amines) is 1. The van der Waals surface area contributed by atoms with Crippen LogP contribution < -0.4 is 16.0 Å². The van der Waals surface area contributed by atoms with Crippen LogP contribution in [0, 0.1) is 5.92 Å². The number of carbonyl (C=O) groups is 1. The lowest BCUT2D eigenvalue weighted by molar-refractivity contribution is 0.146. The predicted molar refractivity (Wildman–Crippen MR) is 113 cm³/mol. The zero-order valence-corrected chi connectivity index (χ0v) is 17.7. The van der Waals surface area contributed by atoms with Crippen molar-refractivity contribution in [2.75, 3.05) is 39.3 Å². The normalized spacial score (nSPS) is 19.6. The summed E-state index contributed by atoms with van der Waals surface area (Å²) in [6, 6.07) is 4.18. The van der Waals surface area contributed by atoms with Crippen molar-refractivity contribution in [2.24, 2.45) is 10.9 Å². The fourth-order valence-electron chi connectivity index (χ4n) is 3.80. The number of nitrogens with one attached hydrogen (secondary N) is 3. The molecule has 1 aromatic rings. The smallest absolute Gasteiger partial charge is 0.407 e. The Morgan fingerprint density at radius 2 is 2.10 bits per heavy atom. The van der Waals surface area contributed by atoms with Crippen molar-refractivity contribution in [1.82, 2.24) is 20.9 Å². The van der Waals surface area contributed by atoms with Gasteiger partial charge in [-0.05, 0) is 70.7 Å². The summed E-state index contributed by atoms with van der Waals surface area (Å²) in [4.78, 5) is 19.1. The minimum absolute atomic E-state index is 0.0531. The highest BCUT2D eigenvalue weighted by Crippen LogP contribution is 2.32. The Kier molecular flexibility index (Phi) is 8.22. The van der Waals surface area contributed by atoms with Crippen LogP contribution in [0.4, 0.5) is 4.79 Å². The number of carbonyl (C=O) groups excluding carboxylic acids is 1. The van der Waals surface area contributed by atoms with Gasteiger partial charge in [-0.1, -0.05) is 0 Å². The first-order chi connectivity index (χ1) is 14.2. The molecule has 0 radical (unpaired) electrons. The number of rotatable bonds is 10. The number of hydrogen-bond donors (Lipinski definition) is 3. The number of nitrogens with zero attached hydrogens (tertiary/aromatic N) is 2. The molecule has 2 aliphatic rings. The fourth-order valence-corrected chi connectivity index (χ4v) is 3.80. The van der Waals surface area contributed by atoms with Gasteiger partial charge >= 0.3 is 6.09 Å². The minimum Gasteiger partial charge on any atom is -0.468 e. The van der Waals surface area contributed by atoms with Crippen LogP contribution in [-0.4, -0.2) is 62.3 Å². The van der Waals surface area contributed by atoms with Crippen molar-refractivity contribution >= 4 is 12.1 Å². The number of alkyl carbamates (subject to hydrolysis) is 1. The lowest BCUT2D eigenvalue weighted by Gasteiger charge is -2.25. The molecule has 8 heteroatoms. The van der Waals surface area contributed by atoms with E-state index in [4.69, 9.17) is 14.1 Å². The molecular weight excluding hydrogens is 370 g/mol. The van der Waals surface area contributed by atoms with E-state index < -0.39 is 0 Å². The molecule has 1 aliphatic heterocycles. The standard InChI is InChI=1S/C21H35N5O3/c1-3-22-20(23-14-17(16-9-10-16)25-21(27)28-4-2)24-15-18(19-8-7-13-29-19)26-11-5-6-12-26/h7-8,13,16-18H,3-6,9-12,14-15H2,1-2H3,(H,25,27)(H2,22,23,24). The molecule has 0 aromatic carbocycles. The Balaban J connectivity index is 1.59. The van der Waals surface area contributed by atoms with Crippen molar-refractivity contribution < 1.29 is 13.9 Å². The second-order valence-corrected chi connectivity index (χ2v) is 7.68. The Hall–Kier alpha value is -2.22. The van der Waals surface area contributed by atoms with Crippen LogP contribution >= 0.6 is 0 Å². The van der Waals surface area contributed by atoms with Gasteiger partial charge in [-0.25, -0.2) is 4.79 Å².